The van der Waals surface area contributed by atoms with Gasteiger partial charge in [0, 0.05) is 6.08 Å². The molecule has 0 radical (unpaired) electrons. The molecule has 0 saturated heterocycles. The highest BCUT2D eigenvalue weighted by atomic mass is 16.5. The highest BCUT2D eigenvalue weighted by Crippen LogP contribution is 1.89. The van der Waals surface area contributed by atoms with Crippen LogP contribution in [0.1, 0.15) is 19.8 Å². The van der Waals surface area contributed by atoms with Crippen LogP contribution in [0, 0.1) is 0 Å². The fraction of sp³-hybridized carbons (Fsp3) is 0.600. The molecule has 0 bridgehead atoms. The molecule has 0 rings (SSSR count). The van der Waals surface area contributed by atoms with E-state index in [2.05, 4.69) is 4.74 Å². The van der Waals surface area contributed by atoms with E-state index in [1.807, 2.05) is 0 Å². The predicted octanol–water partition coefficient (Wildman–Crippen LogP) is 0.987. The van der Waals surface area contributed by atoms with Crippen LogP contribution in [0.15, 0.2) is 12.2 Å². The third-order valence-corrected chi connectivity index (χ3v) is 1.43. The van der Waals surface area contributed by atoms with E-state index in [9.17, 15) is 9.59 Å². The minimum Gasteiger partial charge on any atom is -0.481 e. The summed E-state index contributed by atoms with van der Waals surface area (Å²) < 4.78 is 9.66. The van der Waals surface area contributed by atoms with Crippen LogP contribution < -0.4 is 0 Å². The van der Waals surface area contributed by atoms with E-state index in [1.165, 1.54) is 6.08 Å². The maximum absolute atomic E-state index is 10.8. The molecule has 0 aromatic rings. The van der Waals surface area contributed by atoms with Crippen LogP contribution in [-0.2, 0) is 19.1 Å². The summed E-state index contributed by atoms with van der Waals surface area (Å²) in [6.45, 7) is 2.70. The van der Waals surface area contributed by atoms with Gasteiger partial charge in [-0.2, -0.15) is 0 Å². The molecule has 0 saturated carbocycles. The molecule has 0 amide bonds. The summed E-state index contributed by atoms with van der Waals surface area (Å²) in [5, 5.41) is 8.29. The van der Waals surface area contributed by atoms with Gasteiger partial charge in [0.25, 0.3) is 0 Å². The van der Waals surface area contributed by atoms with Crippen molar-refractivity contribution in [2.75, 3.05) is 19.8 Å². The fourth-order valence-electron chi connectivity index (χ4n) is 0.783. The van der Waals surface area contributed by atoms with Crippen molar-refractivity contribution >= 4 is 11.9 Å². The lowest BCUT2D eigenvalue weighted by atomic mass is 10.4. The zero-order valence-electron chi connectivity index (χ0n) is 8.77. The second kappa shape index (κ2) is 9.21. The molecule has 0 aromatic carbocycles. The van der Waals surface area contributed by atoms with Gasteiger partial charge in [-0.05, 0) is 13.3 Å². The monoisotopic (exact) mass is 216 g/mol. The highest BCUT2D eigenvalue weighted by Gasteiger charge is 1.95. The molecule has 0 aliphatic carbocycles. The lowest BCUT2D eigenvalue weighted by Gasteiger charge is -1.98. The Hall–Kier alpha value is -1.36. The molecule has 0 unspecified atom stereocenters. The topological polar surface area (TPSA) is 72.8 Å². The number of carbonyl (C=O) groups is 2. The average molecular weight is 216 g/mol. The van der Waals surface area contributed by atoms with Gasteiger partial charge in [0.2, 0.25) is 0 Å². The largest absolute Gasteiger partial charge is 0.481 e. The Morgan fingerprint density at radius 2 is 2.07 bits per heavy atom. The molecule has 0 fully saturated rings. The first-order valence-corrected chi connectivity index (χ1v) is 4.79. The Morgan fingerprint density at radius 3 is 2.67 bits per heavy atom. The van der Waals surface area contributed by atoms with Crippen LogP contribution in [0.2, 0.25) is 0 Å². The van der Waals surface area contributed by atoms with Gasteiger partial charge in [0.15, 0.2) is 0 Å². The lowest BCUT2D eigenvalue weighted by Crippen LogP contribution is -2.03. The van der Waals surface area contributed by atoms with Gasteiger partial charge in [-0.15, -0.1) is 0 Å². The van der Waals surface area contributed by atoms with Gasteiger partial charge < -0.3 is 14.6 Å². The van der Waals surface area contributed by atoms with Gasteiger partial charge in [-0.25, -0.2) is 4.79 Å². The van der Waals surface area contributed by atoms with Crippen LogP contribution in [-0.4, -0.2) is 36.9 Å². The molecular formula is C10H16O5. The quantitative estimate of drug-likeness (QED) is 0.372. The highest BCUT2D eigenvalue weighted by molar-refractivity contribution is 5.81. The number of carboxylic acids is 1. The smallest absolute Gasteiger partial charge is 0.330 e. The van der Waals surface area contributed by atoms with Crippen LogP contribution in [0.5, 0.6) is 0 Å². The Labute approximate surface area is 88.7 Å². The number of ether oxygens (including phenoxy) is 2. The van der Waals surface area contributed by atoms with Gasteiger partial charge in [0.1, 0.15) is 0 Å². The maximum Gasteiger partial charge on any atom is 0.330 e. The second-order valence-electron chi connectivity index (χ2n) is 2.70. The van der Waals surface area contributed by atoms with Gasteiger partial charge in [0.05, 0.1) is 26.2 Å². The second-order valence-corrected chi connectivity index (χ2v) is 2.70. The van der Waals surface area contributed by atoms with Crippen LogP contribution in [0.25, 0.3) is 0 Å². The fourth-order valence-corrected chi connectivity index (χ4v) is 0.783. The minimum atomic E-state index is -0.878. The Bertz CT molecular complexity index is 222. The van der Waals surface area contributed by atoms with Crippen molar-refractivity contribution in [1.82, 2.24) is 0 Å². The van der Waals surface area contributed by atoms with Crippen LogP contribution >= 0.6 is 0 Å². The summed E-state index contributed by atoms with van der Waals surface area (Å²) in [4.78, 5) is 20.9. The molecule has 0 atom stereocenters. The van der Waals surface area contributed by atoms with Crippen molar-refractivity contribution in [3.63, 3.8) is 0 Å². The normalized spacial score (nSPS) is 10.5. The number of rotatable bonds is 8. The minimum absolute atomic E-state index is 0.00158. The molecular weight excluding hydrogens is 200 g/mol. The number of carboxylic acid groups (broad SMARTS) is 1. The molecule has 5 nitrogen and oxygen atoms in total. The van der Waals surface area contributed by atoms with Crippen molar-refractivity contribution in [2.45, 2.75) is 19.8 Å². The first-order valence-electron chi connectivity index (χ1n) is 4.79. The molecule has 1 N–H and O–H groups in total. The third-order valence-electron chi connectivity index (χ3n) is 1.43. The number of aliphatic carboxylic acids is 1. The lowest BCUT2D eigenvalue weighted by molar-refractivity contribution is -0.138. The zero-order chi connectivity index (χ0) is 11.5. The van der Waals surface area contributed by atoms with Crippen molar-refractivity contribution in [3.8, 4) is 0 Å². The van der Waals surface area contributed by atoms with E-state index < -0.39 is 5.97 Å². The summed E-state index contributed by atoms with van der Waals surface area (Å²) >= 11 is 0. The molecule has 0 spiro atoms. The molecule has 0 aliphatic rings. The summed E-state index contributed by atoms with van der Waals surface area (Å²) in [6.07, 6.45) is 3.54. The summed E-state index contributed by atoms with van der Waals surface area (Å²) in [7, 11) is 0. The molecule has 0 aromatic heterocycles. The average Bonchev–Trinajstić information content (AvgIpc) is 2.16. The van der Waals surface area contributed by atoms with E-state index in [0.717, 1.165) is 0 Å². The van der Waals surface area contributed by atoms with E-state index in [4.69, 9.17) is 9.84 Å². The molecule has 0 aliphatic heterocycles. The number of carbonyl (C=O) groups excluding carboxylic acids is 1. The van der Waals surface area contributed by atoms with Crippen molar-refractivity contribution < 1.29 is 24.2 Å². The van der Waals surface area contributed by atoms with Gasteiger partial charge in [-0.1, -0.05) is 6.08 Å². The van der Waals surface area contributed by atoms with Crippen LogP contribution in [0.4, 0.5) is 0 Å². The van der Waals surface area contributed by atoms with Gasteiger partial charge >= 0.3 is 11.9 Å². The maximum atomic E-state index is 10.8. The van der Waals surface area contributed by atoms with E-state index >= 15 is 0 Å². The van der Waals surface area contributed by atoms with Gasteiger partial charge in [-0.3, -0.25) is 4.79 Å². The summed E-state index contributed by atoms with van der Waals surface area (Å²) in [5.41, 5.74) is 0. The Kier molecular flexibility index (Phi) is 8.37. The van der Waals surface area contributed by atoms with E-state index in [-0.39, 0.29) is 19.0 Å². The van der Waals surface area contributed by atoms with E-state index in [1.54, 1.807) is 13.0 Å². The van der Waals surface area contributed by atoms with Crippen molar-refractivity contribution in [2.24, 2.45) is 0 Å². The number of esters is 1. The molecule has 0 heterocycles. The first-order chi connectivity index (χ1) is 7.16. The summed E-state index contributed by atoms with van der Waals surface area (Å²) in [6, 6.07) is 0. The zero-order valence-corrected chi connectivity index (χ0v) is 8.77. The Balaban J connectivity index is 3.30. The van der Waals surface area contributed by atoms with E-state index in [0.29, 0.717) is 19.6 Å². The van der Waals surface area contributed by atoms with Crippen molar-refractivity contribution in [1.29, 1.82) is 0 Å². The number of hydrogen-bond donors (Lipinski definition) is 1. The van der Waals surface area contributed by atoms with Crippen LogP contribution in [0.3, 0.4) is 0 Å². The van der Waals surface area contributed by atoms with Crippen molar-refractivity contribution in [3.05, 3.63) is 12.2 Å². The Morgan fingerprint density at radius 1 is 1.33 bits per heavy atom. The SMILES string of the molecule is CCOC(=O)/C=C/CCOCCC(=O)O. The summed E-state index contributed by atoms with van der Waals surface area (Å²) in [5.74, 6) is -1.25. The first kappa shape index (κ1) is 13.6. The third kappa shape index (κ3) is 10.6. The molecule has 86 valence electrons. The standard InChI is InChI=1S/C10H16O5/c1-2-15-10(13)5-3-4-7-14-8-6-9(11)12/h3,5H,2,4,6-8H2,1H3,(H,11,12)/b5-3+. The molecule has 15 heavy (non-hydrogen) atoms. The predicted molar refractivity (Wildman–Crippen MR) is 53.5 cm³/mol. The molecule has 5 heteroatoms. The number of hydrogen-bond acceptors (Lipinski definition) is 4.